The number of nitrogens with one attached hydrogen (secondary N) is 2. The Balaban J connectivity index is 1.96. The van der Waals surface area contributed by atoms with Gasteiger partial charge in [-0.1, -0.05) is 18.2 Å². The standard InChI is InChI=1S/C13H20N2O2/c1-2-14-13(16)15-10-6-7-11-17-12-8-4-3-5-9-12/h3-5,8-9H,2,6-7,10-11H2,1H3,(H2,14,15,16). The molecule has 0 saturated heterocycles. The van der Waals surface area contributed by atoms with Gasteiger partial charge in [0.2, 0.25) is 0 Å². The van der Waals surface area contributed by atoms with Crippen LogP contribution < -0.4 is 15.4 Å². The average molecular weight is 236 g/mol. The normalized spacial score (nSPS) is 9.71. The second kappa shape index (κ2) is 8.44. The maximum absolute atomic E-state index is 11.0. The molecule has 94 valence electrons. The van der Waals surface area contributed by atoms with Gasteiger partial charge in [0.15, 0.2) is 0 Å². The maximum atomic E-state index is 11.0. The summed E-state index contributed by atoms with van der Waals surface area (Å²) in [7, 11) is 0. The lowest BCUT2D eigenvalue weighted by molar-refractivity contribution is 0.240. The molecule has 2 amide bonds. The highest BCUT2D eigenvalue weighted by molar-refractivity contribution is 5.73. The Labute approximate surface area is 102 Å². The van der Waals surface area contributed by atoms with E-state index >= 15 is 0 Å². The predicted molar refractivity (Wildman–Crippen MR) is 68.2 cm³/mol. The van der Waals surface area contributed by atoms with Gasteiger partial charge in [0.1, 0.15) is 5.75 Å². The van der Waals surface area contributed by atoms with Gasteiger partial charge in [0.05, 0.1) is 6.61 Å². The van der Waals surface area contributed by atoms with Crippen molar-refractivity contribution in [2.75, 3.05) is 19.7 Å². The Hall–Kier alpha value is -1.71. The molecule has 17 heavy (non-hydrogen) atoms. The molecule has 1 aromatic rings. The first-order valence-corrected chi connectivity index (χ1v) is 6.02. The molecule has 0 atom stereocenters. The molecular formula is C13H20N2O2. The van der Waals surface area contributed by atoms with Gasteiger partial charge < -0.3 is 15.4 Å². The Bertz CT molecular complexity index is 314. The lowest BCUT2D eigenvalue weighted by Crippen LogP contribution is -2.35. The first kappa shape index (κ1) is 13.4. The Morgan fingerprint density at radius 3 is 2.65 bits per heavy atom. The fourth-order valence-corrected chi connectivity index (χ4v) is 1.36. The van der Waals surface area contributed by atoms with Gasteiger partial charge in [0.25, 0.3) is 0 Å². The number of carbonyl (C=O) groups is 1. The number of urea groups is 1. The monoisotopic (exact) mass is 236 g/mol. The van der Waals surface area contributed by atoms with Crippen molar-refractivity contribution in [1.29, 1.82) is 0 Å². The van der Waals surface area contributed by atoms with Crippen molar-refractivity contribution in [3.8, 4) is 5.75 Å². The zero-order valence-corrected chi connectivity index (χ0v) is 10.2. The smallest absolute Gasteiger partial charge is 0.314 e. The van der Waals surface area contributed by atoms with Gasteiger partial charge in [-0.3, -0.25) is 0 Å². The van der Waals surface area contributed by atoms with E-state index in [-0.39, 0.29) is 6.03 Å². The topological polar surface area (TPSA) is 50.4 Å². The summed E-state index contributed by atoms with van der Waals surface area (Å²) in [5.41, 5.74) is 0. The predicted octanol–water partition coefficient (Wildman–Crippen LogP) is 2.16. The van der Waals surface area contributed by atoms with Crippen molar-refractivity contribution >= 4 is 6.03 Å². The molecule has 1 aromatic carbocycles. The van der Waals surface area contributed by atoms with Crippen LogP contribution in [0.2, 0.25) is 0 Å². The van der Waals surface area contributed by atoms with Crippen LogP contribution in [0, 0.1) is 0 Å². The van der Waals surface area contributed by atoms with E-state index < -0.39 is 0 Å². The molecule has 2 N–H and O–H groups in total. The third kappa shape index (κ3) is 6.45. The fraction of sp³-hybridized carbons (Fsp3) is 0.462. The van der Waals surface area contributed by atoms with Crippen LogP contribution in [-0.4, -0.2) is 25.7 Å². The number of para-hydroxylation sites is 1. The molecule has 0 aliphatic carbocycles. The van der Waals surface area contributed by atoms with Crippen molar-refractivity contribution in [3.05, 3.63) is 30.3 Å². The SMILES string of the molecule is CCNC(=O)NCCCCOc1ccccc1. The number of amides is 2. The molecule has 0 aliphatic rings. The molecule has 0 saturated carbocycles. The van der Waals surface area contributed by atoms with Gasteiger partial charge in [-0.25, -0.2) is 4.79 Å². The molecular weight excluding hydrogens is 216 g/mol. The van der Waals surface area contributed by atoms with E-state index in [1.165, 1.54) is 0 Å². The van der Waals surface area contributed by atoms with Crippen LogP contribution in [0.1, 0.15) is 19.8 Å². The van der Waals surface area contributed by atoms with Crippen LogP contribution in [0.3, 0.4) is 0 Å². The molecule has 0 radical (unpaired) electrons. The highest BCUT2D eigenvalue weighted by Gasteiger charge is 1.96. The summed E-state index contributed by atoms with van der Waals surface area (Å²) >= 11 is 0. The molecule has 0 aromatic heterocycles. The highest BCUT2D eigenvalue weighted by Crippen LogP contribution is 2.08. The lowest BCUT2D eigenvalue weighted by atomic mass is 10.3. The van der Waals surface area contributed by atoms with E-state index in [0.29, 0.717) is 19.7 Å². The Kier molecular flexibility index (Phi) is 6.63. The largest absolute Gasteiger partial charge is 0.494 e. The molecule has 4 nitrogen and oxygen atoms in total. The second-order valence-corrected chi connectivity index (χ2v) is 3.65. The summed E-state index contributed by atoms with van der Waals surface area (Å²) in [5.74, 6) is 0.893. The van der Waals surface area contributed by atoms with E-state index in [9.17, 15) is 4.79 Å². The number of carbonyl (C=O) groups excluding carboxylic acids is 1. The molecule has 0 bridgehead atoms. The number of hydrogen-bond acceptors (Lipinski definition) is 2. The number of unbranched alkanes of at least 4 members (excludes halogenated alkanes) is 1. The molecule has 0 heterocycles. The van der Waals surface area contributed by atoms with Crippen molar-refractivity contribution in [1.82, 2.24) is 10.6 Å². The molecule has 0 unspecified atom stereocenters. The molecule has 0 fully saturated rings. The van der Waals surface area contributed by atoms with E-state index in [2.05, 4.69) is 10.6 Å². The fourth-order valence-electron chi connectivity index (χ4n) is 1.36. The molecule has 1 rings (SSSR count). The van der Waals surface area contributed by atoms with E-state index in [1.807, 2.05) is 37.3 Å². The van der Waals surface area contributed by atoms with Crippen molar-refractivity contribution < 1.29 is 9.53 Å². The third-order valence-electron chi connectivity index (χ3n) is 2.21. The van der Waals surface area contributed by atoms with Crippen LogP contribution in [0.25, 0.3) is 0 Å². The van der Waals surface area contributed by atoms with Crippen molar-refractivity contribution in [2.45, 2.75) is 19.8 Å². The average Bonchev–Trinajstić information content (AvgIpc) is 2.35. The van der Waals surface area contributed by atoms with Gasteiger partial charge in [-0.2, -0.15) is 0 Å². The maximum Gasteiger partial charge on any atom is 0.314 e. The molecule has 0 aliphatic heterocycles. The summed E-state index contributed by atoms with van der Waals surface area (Å²) in [6.07, 6.45) is 1.85. The minimum absolute atomic E-state index is 0.100. The quantitative estimate of drug-likeness (QED) is 0.713. The first-order valence-electron chi connectivity index (χ1n) is 6.02. The van der Waals surface area contributed by atoms with Gasteiger partial charge >= 0.3 is 6.03 Å². The summed E-state index contributed by atoms with van der Waals surface area (Å²) in [4.78, 5) is 11.0. The zero-order valence-electron chi connectivity index (χ0n) is 10.2. The van der Waals surface area contributed by atoms with Gasteiger partial charge in [-0.05, 0) is 31.9 Å². The summed E-state index contributed by atoms with van der Waals surface area (Å²) < 4.78 is 5.53. The van der Waals surface area contributed by atoms with Crippen LogP contribution in [0.4, 0.5) is 4.79 Å². The van der Waals surface area contributed by atoms with E-state index in [4.69, 9.17) is 4.74 Å². The Morgan fingerprint density at radius 1 is 1.18 bits per heavy atom. The van der Waals surface area contributed by atoms with Crippen molar-refractivity contribution in [3.63, 3.8) is 0 Å². The van der Waals surface area contributed by atoms with Crippen LogP contribution in [0.5, 0.6) is 5.75 Å². The first-order chi connectivity index (χ1) is 8.33. The number of ether oxygens (including phenoxy) is 1. The molecule has 4 heteroatoms. The van der Waals surface area contributed by atoms with Crippen LogP contribution in [-0.2, 0) is 0 Å². The summed E-state index contributed by atoms with van der Waals surface area (Å²) in [6, 6.07) is 9.64. The minimum Gasteiger partial charge on any atom is -0.494 e. The van der Waals surface area contributed by atoms with Crippen LogP contribution >= 0.6 is 0 Å². The second-order valence-electron chi connectivity index (χ2n) is 3.65. The lowest BCUT2D eigenvalue weighted by Gasteiger charge is -2.07. The number of rotatable bonds is 7. The number of hydrogen-bond donors (Lipinski definition) is 2. The summed E-state index contributed by atoms with van der Waals surface area (Å²) in [6.45, 7) is 3.92. The van der Waals surface area contributed by atoms with Gasteiger partial charge in [-0.15, -0.1) is 0 Å². The van der Waals surface area contributed by atoms with Crippen LogP contribution in [0.15, 0.2) is 30.3 Å². The van der Waals surface area contributed by atoms with Crippen molar-refractivity contribution in [2.24, 2.45) is 0 Å². The van der Waals surface area contributed by atoms with E-state index in [0.717, 1.165) is 18.6 Å². The number of benzene rings is 1. The highest BCUT2D eigenvalue weighted by atomic mass is 16.5. The summed E-state index contributed by atoms with van der Waals surface area (Å²) in [5, 5.41) is 5.46. The minimum atomic E-state index is -0.100. The van der Waals surface area contributed by atoms with Gasteiger partial charge in [0, 0.05) is 13.1 Å². The third-order valence-corrected chi connectivity index (χ3v) is 2.21. The van der Waals surface area contributed by atoms with E-state index in [1.54, 1.807) is 0 Å². The molecule has 0 spiro atoms. The zero-order chi connectivity index (χ0) is 12.3. The Morgan fingerprint density at radius 2 is 1.94 bits per heavy atom.